The molecule has 0 aliphatic heterocycles. The molecule has 0 aliphatic rings. The Morgan fingerprint density at radius 3 is 2.38 bits per heavy atom. The highest BCUT2D eigenvalue weighted by atomic mass is 16.5. The van der Waals surface area contributed by atoms with Crippen molar-refractivity contribution in [3.05, 3.63) is 53.6 Å². The van der Waals surface area contributed by atoms with Gasteiger partial charge in [-0.25, -0.2) is 0 Å². The highest BCUT2D eigenvalue weighted by molar-refractivity contribution is 6.39. The Morgan fingerprint density at radius 1 is 0.958 bits per heavy atom. The number of rotatable bonds is 5. The van der Waals surface area contributed by atoms with Crippen molar-refractivity contribution in [1.29, 1.82) is 0 Å². The van der Waals surface area contributed by atoms with Crippen molar-refractivity contribution in [2.45, 2.75) is 13.5 Å². The van der Waals surface area contributed by atoms with Crippen LogP contribution in [-0.4, -0.2) is 26.0 Å². The van der Waals surface area contributed by atoms with Crippen molar-refractivity contribution in [1.82, 2.24) is 5.32 Å². The quantitative estimate of drug-likeness (QED) is 0.826. The van der Waals surface area contributed by atoms with Gasteiger partial charge in [0, 0.05) is 18.3 Å². The molecule has 6 nitrogen and oxygen atoms in total. The lowest BCUT2D eigenvalue weighted by atomic mass is 10.1. The van der Waals surface area contributed by atoms with E-state index in [4.69, 9.17) is 9.47 Å². The Balaban J connectivity index is 1.95. The van der Waals surface area contributed by atoms with Crippen LogP contribution in [0.25, 0.3) is 0 Å². The van der Waals surface area contributed by atoms with E-state index in [-0.39, 0.29) is 0 Å². The van der Waals surface area contributed by atoms with E-state index in [9.17, 15) is 9.59 Å². The first-order chi connectivity index (χ1) is 11.5. The maximum Gasteiger partial charge on any atom is 0.313 e. The van der Waals surface area contributed by atoms with Crippen LogP contribution in [0.4, 0.5) is 5.69 Å². The zero-order valence-electron chi connectivity index (χ0n) is 13.9. The molecular weight excluding hydrogens is 308 g/mol. The third-order valence-electron chi connectivity index (χ3n) is 3.38. The molecule has 0 saturated carbocycles. The van der Waals surface area contributed by atoms with Crippen molar-refractivity contribution >= 4 is 17.5 Å². The molecule has 2 amide bonds. The van der Waals surface area contributed by atoms with E-state index >= 15 is 0 Å². The van der Waals surface area contributed by atoms with Crippen molar-refractivity contribution in [3.8, 4) is 11.5 Å². The first-order valence-corrected chi connectivity index (χ1v) is 7.40. The van der Waals surface area contributed by atoms with Crippen LogP contribution in [-0.2, 0) is 16.1 Å². The Morgan fingerprint density at radius 2 is 1.71 bits per heavy atom. The Kier molecular flexibility index (Phi) is 5.78. The Bertz CT molecular complexity index is 744. The molecule has 0 bridgehead atoms. The van der Waals surface area contributed by atoms with Crippen LogP contribution < -0.4 is 20.1 Å². The fourth-order valence-electron chi connectivity index (χ4n) is 2.19. The standard InChI is InChI=1S/C18H20N2O4/c1-12-5-4-6-13(9-12)11-19-17(21)18(22)20-14-7-8-15(23-2)16(10-14)24-3/h4-10H,11H2,1-3H3,(H,19,21)(H,20,22). The highest BCUT2D eigenvalue weighted by Crippen LogP contribution is 2.29. The zero-order valence-corrected chi connectivity index (χ0v) is 13.9. The molecule has 0 unspecified atom stereocenters. The van der Waals surface area contributed by atoms with Gasteiger partial charge in [-0.05, 0) is 24.6 Å². The first-order valence-electron chi connectivity index (χ1n) is 7.40. The number of carbonyl (C=O) groups excluding carboxylic acids is 2. The molecule has 0 radical (unpaired) electrons. The van der Waals surface area contributed by atoms with Crippen LogP contribution in [0.3, 0.4) is 0 Å². The number of anilines is 1. The van der Waals surface area contributed by atoms with Crippen LogP contribution in [0.15, 0.2) is 42.5 Å². The molecule has 2 rings (SSSR count). The van der Waals surface area contributed by atoms with Crippen LogP contribution in [0.2, 0.25) is 0 Å². The van der Waals surface area contributed by atoms with Crippen LogP contribution in [0, 0.1) is 6.92 Å². The average Bonchev–Trinajstić information content (AvgIpc) is 2.59. The number of aryl methyl sites for hydroxylation is 1. The number of hydrogen-bond donors (Lipinski definition) is 2. The lowest BCUT2D eigenvalue weighted by Crippen LogP contribution is -2.34. The average molecular weight is 328 g/mol. The molecule has 6 heteroatoms. The maximum atomic E-state index is 12.0. The normalized spacial score (nSPS) is 9.96. The van der Waals surface area contributed by atoms with Gasteiger partial charge >= 0.3 is 11.8 Å². The monoisotopic (exact) mass is 328 g/mol. The van der Waals surface area contributed by atoms with Crippen LogP contribution >= 0.6 is 0 Å². The number of carbonyl (C=O) groups is 2. The first kappa shape index (κ1) is 17.3. The molecule has 2 aromatic rings. The summed E-state index contributed by atoms with van der Waals surface area (Å²) in [5.41, 5.74) is 2.47. The van der Waals surface area contributed by atoms with E-state index in [2.05, 4.69) is 10.6 Å². The molecular formula is C18H20N2O4. The molecule has 0 saturated heterocycles. The topological polar surface area (TPSA) is 76.7 Å². The second-order valence-electron chi connectivity index (χ2n) is 5.20. The SMILES string of the molecule is COc1ccc(NC(=O)C(=O)NCc2cccc(C)c2)cc1OC. The van der Waals surface area contributed by atoms with Gasteiger partial charge in [-0.1, -0.05) is 29.8 Å². The number of methoxy groups -OCH3 is 2. The Hall–Kier alpha value is -3.02. The van der Waals surface area contributed by atoms with Gasteiger partial charge in [-0.15, -0.1) is 0 Å². The molecule has 0 aliphatic carbocycles. The van der Waals surface area contributed by atoms with Crippen molar-refractivity contribution < 1.29 is 19.1 Å². The van der Waals surface area contributed by atoms with E-state index in [1.807, 2.05) is 31.2 Å². The van der Waals surface area contributed by atoms with Gasteiger partial charge in [0.25, 0.3) is 0 Å². The summed E-state index contributed by atoms with van der Waals surface area (Å²) < 4.78 is 10.3. The summed E-state index contributed by atoms with van der Waals surface area (Å²) in [5.74, 6) is -0.434. The number of benzene rings is 2. The number of hydrogen-bond acceptors (Lipinski definition) is 4. The summed E-state index contributed by atoms with van der Waals surface area (Å²) in [6.07, 6.45) is 0. The minimum Gasteiger partial charge on any atom is -0.493 e. The molecule has 0 aromatic heterocycles. The van der Waals surface area contributed by atoms with Crippen molar-refractivity contribution in [2.75, 3.05) is 19.5 Å². The molecule has 0 fully saturated rings. The van der Waals surface area contributed by atoms with E-state index in [1.54, 1.807) is 18.2 Å². The van der Waals surface area contributed by atoms with Crippen molar-refractivity contribution in [2.24, 2.45) is 0 Å². The largest absolute Gasteiger partial charge is 0.493 e. The van der Waals surface area contributed by atoms with Gasteiger partial charge in [0.1, 0.15) is 0 Å². The summed E-state index contributed by atoms with van der Waals surface area (Å²) in [5, 5.41) is 5.12. The van der Waals surface area contributed by atoms with E-state index < -0.39 is 11.8 Å². The summed E-state index contributed by atoms with van der Waals surface area (Å²) >= 11 is 0. The lowest BCUT2D eigenvalue weighted by Gasteiger charge is -2.10. The molecule has 0 spiro atoms. The summed E-state index contributed by atoms with van der Waals surface area (Å²) in [6.45, 7) is 2.26. The minimum atomic E-state index is -0.741. The highest BCUT2D eigenvalue weighted by Gasteiger charge is 2.14. The van der Waals surface area contributed by atoms with Gasteiger partial charge in [0.05, 0.1) is 14.2 Å². The molecule has 126 valence electrons. The predicted octanol–water partition coefficient (Wildman–Crippen LogP) is 2.27. The van der Waals surface area contributed by atoms with Crippen LogP contribution in [0.1, 0.15) is 11.1 Å². The molecule has 0 atom stereocenters. The fraction of sp³-hybridized carbons (Fsp3) is 0.222. The molecule has 0 heterocycles. The molecule has 2 N–H and O–H groups in total. The minimum absolute atomic E-state index is 0.292. The third kappa shape index (κ3) is 4.49. The van der Waals surface area contributed by atoms with Gasteiger partial charge in [-0.2, -0.15) is 0 Å². The third-order valence-corrected chi connectivity index (χ3v) is 3.38. The summed E-state index contributed by atoms with van der Waals surface area (Å²) in [6, 6.07) is 12.6. The smallest absolute Gasteiger partial charge is 0.313 e. The second-order valence-corrected chi connectivity index (χ2v) is 5.20. The summed E-state index contributed by atoms with van der Waals surface area (Å²) in [7, 11) is 3.02. The second kappa shape index (κ2) is 8.01. The van der Waals surface area contributed by atoms with Gasteiger partial charge in [0.15, 0.2) is 11.5 Å². The van der Waals surface area contributed by atoms with Gasteiger partial charge in [-0.3, -0.25) is 9.59 Å². The van der Waals surface area contributed by atoms with Crippen LogP contribution in [0.5, 0.6) is 11.5 Å². The molecule has 2 aromatic carbocycles. The number of nitrogens with one attached hydrogen (secondary N) is 2. The number of ether oxygens (including phenoxy) is 2. The summed E-state index contributed by atoms with van der Waals surface area (Å²) in [4.78, 5) is 23.9. The van der Waals surface area contributed by atoms with Gasteiger partial charge < -0.3 is 20.1 Å². The van der Waals surface area contributed by atoms with E-state index in [0.717, 1.165) is 11.1 Å². The van der Waals surface area contributed by atoms with E-state index in [1.165, 1.54) is 14.2 Å². The Labute approximate surface area is 140 Å². The zero-order chi connectivity index (χ0) is 17.5. The number of amides is 2. The van der Waals surface area contributed by atoms with E-state index in [0.29, 0.717) is 23.7 Å². The molecule has 24 heavy (non-hydrogen) atoms. The lowest BCUT2D eigenvalue weighted by molar-refractivity contribution is -0.136. The van der Waals surface area contributed by atoms with Gasteiger partial charge in [0.2, 0.25) is 0 Å². The van der Waals surface area contributed by atoms with Crippen molar-refractivity contribution in [3.63, 3.8) is 0 Å². The predicted molar refractivity (Wildman–Crippen MR) is 91.2 cm³/mol. The maximum absolute atomic E-state index is 12.0. The fourth-order valence-corrected chi connectivity index (χ4v) is 2.19.